The molecule has 0 amide bonds. The Morgan fingerprint density at radius 2 is 2.20 bits per heavy atom. The zero-order valence-corrected chi connectivity index (χ0v) is 6.82. The third kappa shape index (κ3) is 5.40. The SMILES string of the molecule is C=C=C(C)CCCCC=C. The molecule has 0 aromatic heterocycles. The maximum absolute atomic E-state index is 3.66. The van der Waals surface area contributed by atoms with Gasteiger partial charge in [0.2, 0.25) is 0 Å². The molecular formula is C10H16. The smallest absolute Gasteiger partial charge is 0.0247 e. The number of hydrogen-bond acceptors (Lipinski definition) is 0. The molecular weight excluding hydrogens is 120 g/mol. The molecule has 0 saturated heterocycles. The van der Waals surface area contributed by atoms with Crippen LogP contribution in [0.5, 0.6) is 0 Å². The van der Waals surface area contributed by atoms with Crippen LogP contribution in [0.2, 0.25) is 0 Å². The Labute approximate surface area is 64.0 Å². The van der Waals surface area contributed by atoms with Crippen molar-refractivity contribution in [3.8, 4) is 0 Å². The molecule has 0 aromatic carbocycles. The summed E-state index contributed by atoms with van der Waals surface area (Å²) in [4.78, 5) is 0. The predicted molar refractivity (Wildman–Crippen MR) is 47.0 cm³/mol. The van der Waals surface area contributed by atoms with E-state index in [1.807, 2.05) is 6.08 Å². The minimum atomic E-state index is 1.13. The van der Waals surface area contributed by atoms with E-state index in [2.05, 4.69) is 25.8 Å². The van der Waals surface area contributed by atoms with E-state index >= 15 is 0 Å². The fourth-order valence-corrected chi connectivity index (χ4v) is 0.767. The average Bonchev–Trinajstić information content (AvgIpc) is 1.98. The first-order valence-corrected chi connectivity index (χ1v) is 3.77. The molecule has 0 N–H and O–H groups in total. The number of rotatable bonds is 5. The van der Waals surface area contributed by atoms with Gasteiger partial charge in [-0.1, -0.05) is 12.7 Å². The van der Waals surface area contributed by atoms with Crippen LogP contribution in [0.3, 0.4) is 0 Å². The van der Waals surface area contributed by atoms with Crippen LogP contribution in [0.1, 0.15) is 32.6 Å². The highest BCUT2D eigenvalue weighted by Crippen LogP contribution is 2.06. The summed E-state index contributed by atoms with van der Waals surface area (Å²) in [5.74, 6) is 0. The monoisotopic (exact) mass is 136 g/mol. The van der Waals surface area contributed by atoms with Gasteiger partial charge in [-0.25, -0.2) is 0 Å². The van der Waals surface area contributed by atoms with E-state index < -0.39 is 0 Å². The molecule has 0 fully saturated rings. The molecule has 0 aliphatic carbocycles. The van der Waals surface area contributed by atoms with E-state index in [-0.39, 0.29) is 0 Å². The van der Waals surface area contributed by atoms with Gasteiger partial charge in [-0.15, -0.1) is 12.3 Å². The van der Waals surface area contributed by atoms with E-state index in [1.165, 1.54) is 18.4 Å². The van der Waals surface area contributed by atoms with Gasteiger partial charge in [-0.3, -0.25) is 0 Å². The van der Waals surface area contributed by atoms with Crippen LogP contribution in [0.25, 0.3) is 0 Å². The van der Waals surface area contributed by atoms with Crippen molar-refractivity contribution in [1.29, 1.82) is 0 Å². The molecule has 0 saturated carbocycles. The second-order valence-corrected chi connectivity index (χ2v) is 2.49. The molecule has 0 unspecified atom stereocenters. The van der Waals surface area contributed by atoms with E-state index in [0.717, 1.165) is 12.8 Å². The van der Waals surface area contributed by atoms with E-state index in [9.17, 15) is 0 Å². The lowest BCUT2D eigenvalue weighted by Crippen LogP contribution is -1.76. The van der Waals surface area contributed by atoms with E-state index in [4.69, 9.17) is 0 Å². The van der Waals surface area contributed by atoms with Gasteiger partial charge in [0.15, 0.2) is 0 Å². The normalized spacial score (nSPS) is 8.50. The highest BCUT2D eigenvalue weighted by atomic mass is 13.9. The molecule has 0 atom stereocenters. The molecule has 0 aliphatic heterocycles. The summed E-state index contributed by atoms with van der Waals surface area (Å²) in [5.41, 5.74) is 4.15. The molecule has 0 radical (unpaired) electrons. The van der Waals surface area contributed by atoms with Crippen LogP contribution in [0, 0.1) is 0 Å². The maximum atomic E-state index is 3.66. The summed E-state index contributed by atoms with van der Waals surface area (Å²) >= 11 is 0. The molecule has 0 aromatic rings. The van der Waals surface area contributed by atoms with Crippen molar-refractivity contribution in [2.45, 2.75) is 32.6 Å². The van der Waals surface area contributed by atoms with Crippen molar-refractivity contribution < 1.29 is 0 Å². The predicted octanol–water partition coefficient (Wildman–Crippen LogP) is 3.46. The lowest BCUT2D eigenvalue weighted by Gasteiger charge is -1.95. The topological polar surface area (TPSA) is 0 Å². The Morgan fingerprint density at radius 3 is 2.70 bits per heavy atom. The van der Waals surface area contributed by atoms with Crippen molar-refractivity contribution in [3.63, 3.8) is 0 Å². The minimum absolute atomic E-state index is 1.13. The summed E-state index contributed by atoms with van der Waals surface area (Å²) < 4.78 is 0. The van der Waals surface area contributed by atoms with Gasteiger partial charge in [-0.2, -0.15) is 0 Å². The first kappa shape index (κ1) is 9.26. The van der Waals surface area contributed by atoms with Crippen molar-refractivity contribution in [3.05, 3.63) is 30.5 Å². The average molecular weight is 136 g/mol. The second kappa shape index (κ2) is 6.38. The molecule has 0 heteroatoms. The van der Waals surface area contributed by atoms with E-state index in [1.54, 1.807) is 0 Å². The van der Waals surface area contributed by atoms with Gasteiger partial charge in [0.25, 0.3) is 0 Å². The highest BCUT2D eigenvalue weighted by Gasteiger charge is 1.87. The van der Waals surface area contributed by atoms with Gasteiger partial charge in [0, 0.05) is 0 Å². The van der Waals surface area contributed by atoms with Crippen molar-refractivity contribution in [2.75, 3.05) is 0 Å². The zero-order chi connectivity index (χ0) is 7.82. The van der Waals surface area contributed by atoms with Crippen LogP contribution in [-0.2, 0) is 0 Å². The molecule has 0 nitrogen and oxygen atoms in total. The van der Waals surface area contributed by atoms with Crippen molar-refractivity contribution in [2.24, 2.45) is 0 Å². The van der Waals surface area contributed by atoms with Gasteiger partial charge in [0.05, 0.1) is 0 Å². The molecule has 0 heterocycles. The molecule has 56 valence electrons. The molecule has 10 heavy (non-hydrogen) atoms. The molecule has 0 aliphatic rings. The quantitative estimate of drug-likeness (QED) is 0.308. The largest absolute Gasteiger partial charge is 0.130 e. The number of allylic oxidation sites excluding steroid dienone is 2. The first-order chi connectivity index (χ1) is 4.81. The summed E-state index contributed by atoms with van der Waals surface area (Å²) in [6.07, 6.45) is 6.71. The van der Waals surface area contributed by atoms with Gasteiger partial charge in [-0.05, 0) is 38.2 Å². The van der Waals surface area contributed by atoms with Crippen molar-refractivity contribution in [1.82, 2.24) is 0 Å². The summed E-state index contributed by atoms with van der Waals surface area (Å²) in [6, 6.07) is 0. The molecule has 0 bridgehead atoms. The minimum Gasteiger partial charge on any atom is -0.130 e. The standard InChI is InChI=1S/C10H16/c1-4-6-7-8-9-10(3)5-2/h4H,1-2,6-9H2,3H3. The van der Waals surface area contributed by atoms with Crippen LogP contribution >= 0.6 is 0 Å². The Kier molecular flexibility index (Phi) is 5.91. The van der Waals surface area contributed by atoms with Gasteiger partial charge >= 0.3 is 0 Å². The van der Waals surface area contributed by atoms with Gasteiger partial charge < -0.3 is 0 Å². The second-order valence-electron chi connectivity index (χ2n) is 2.49. The number of hydrogen-bond donors (Lipinski definition) is 0. The Bertz CT molecular complexity index is 136. The van der Waals surface area contributed by atoms with Crippen molar-refractivity contribution >= 4 is 0 Å². The molecule has 0 spiro atoms. The van der Waals surface area contributed by atoms with Gasteiger partial charge in [0.1, 0.15) is 0 Å². The Balaban J connectivity index is 3.20. The summed E-state index contributed by atoms with van der Waals surface area (Å²) in [7, 11) is 0. The fraction of sp³-hybridized carbons (Fsp3) is 0.500. The highest BCUT2D eigenvalue weighted by molar-refractivity contribution is 4.93. The van der Waals surface area contributed by atoms with Crippen LogP contribution in [0.15, 0.2) is 30.5 Å². The van der Waals surface area contributed by atoms with Crippen LogP contribution < -0.4 is 0 Å². The maximum Gasteiger partial charge on any atom is -0.0247 e. The van der Waals surface area contributed by atoms with E-state index in [0.29, 0.717) is 0 Å². The zero-order valence-electron chi connectivity index (χ0n) is 6.82. The third-order valence-corrected chi connectivity index (χ3v) is 1.51. The lowest BCUT2D eigenvalue weighted by atomic mass is 10.1. The lowest BCUT2D eigenvalue weighted by molar-refractivity contribution is 0.744. The number of unbranched alkanes of at least 4 members (excludes halogenated alkanes) is 2. The summed E-state index contributed by atoms with van der Waals surface area (Å²) in [5, 5.41) is 0. The third-order valence-electron chi connectivity index (χ3n) is 1.51. The van der Waals surface area contributed by atoms with Crippen LogP contribution in [0.4, 0.5) is 0 Å². The first-order valence-electron chi connectivity index (χ1n) is 3.77. The molecule has 0 rings (SSSR count). The Morgan fingerprint density at radius 1 is 1.50 bits per heavy atom. The van der Waals surface area contributed by atoms with Crippen LogP contribution in [-0.4, -0.2) is 0 Å². The summed E-state index contributed by atoms with van der Waals surface area (Å²) in [6.45, 7) is 9.31. The fourth-order valence-electron chi connectivity index (χ4n) is 0.767. The Hall–Kier alpha value is -0.740.